The summed E-state index contributed by atoms with van der Waals surface area (Å²) in [6.07, 6.45) is 7.37. The molecule has 0 bridgehead atoms. The fraction of sp³-hybridized carbons (Fsp3) is 0.455. The molecule has 0 atom stereocenters. The minimum absolute atomic E-state index is 0.815. The lowest BCUT2D eigenvalue weighted by Crippen LogP contribution is -2.30. The third kappa shape index (κ3) is 2.26. The molecule has 1 aliphatic rings. The lowest BCUT2D eigenvalue weighted by atomic mass is 10.1. The van der Waals surface area contributed by atoms with Crippen LogP contribution < -0.4 is 4.90 Å². The van der Waals surface area contributed by atoms with Gasteiger partial charge in [-0.25, -0.2) is 4.98 Å². The summed E-state index contributed by atoms with van der Waals surface area (Å²) in [4.78, 5) is 11.2. The molecule has 5 nitrogen and oxygen atoms in total. The molecule has 0 amide bonds. The van der Waals surface area contributed by atoms with E-state index < -0.39 is 0 Å². The van der Waals surface area contributed by atoms with Crippen molar-refractivity contribution < 1.29 is 0 Å². The molecule has 0 aliphatic carbocycles. The number of rotatable bonds is 2. The van der Waals surface area contributed by atoms with Crippen LogP contribution in [0.25, 0.3) is 10.7 Å². The Hall–Kier alpha value is -1.56. The van der Waals surface area contributed by atoms with Crippen molar-refractivity contribution in [2.75, 3.05) is 18.0 Å². The normalized spacial score (nSPS) is 16.1. The quantitative estimate of drug-likeness (QED) is 0.812. The molecular formula is C11H13N5S. The molecule has 1 aliphatic heterocycles. The van der Waals surface area contributed by atoms with Gasteiger partial charge in [0, 0.05) is 13.1 Å². The van der Waals surface area contributed by atoms with Gasteiger partial charge in [-0.1, -0.05) is 11.3 Å². The Morgan fingerprint density at radius 3 is 2.76 bits per heavy atom. The monoisotopic (exact) mass is 247 g/mol. The Bertz CT molecular complexity index is 478. The predicted octanol–water partition coefficient (Wildman–Crippen LogP) is 1.99. The molecule has 0 unspecified atom stereocenters. The molecule has 3 heterocycles. The zero-order valence-corrected chi connectivity index (χ0v) is 10.2. The first-order valence-corrected chi connectivity index (χ1v) is 6.65. The van der Waals surface area contributed by atoms with E-state index in [9.17, 15) is 0 Å². The highest BCUT2D eigenvalue weighted by Gasteiger charge is 2.13. The minimum Gasteiger partial charge on any atom is -0.355 e. The molecule has 0 spiro atoms. The smallest absolute Gasteiger partial charge is 0.167 e. The molecule has 2 aromatic heterocycles. The van der Waals surface area contributed by atoms with Gasteiger partial charge in [0.15, 0.2) is 5.01 Å². The number of hydrogen-bond donors (Lipinski definition) is 0. The molecule has 1 saturated heterocycles. The first-order valence-electron chi connectivity index (χ1n) is 5.77. The van der Waals surface area contributed by atoms with Crippen molar-refractivity contribution in [2.24, 2.45) is 0 Å². The highest BCUT2D eigenvalue weighted by molar-refractivity contribution is 7.12. The van der Waals surface area contributed by atoms with E-state index in [0.29, 0.717) is 0 Å². The molecule has 0 N–H and O–H groups in total. The molecule has 0 saturated carbocycles. The van der Waals surface area contributed by atoms with Crippen LogP contribution in [0.4, 0.5) is 5.82 Å². The van der Waals surface area contributed by atoms with Crippen LogP contribution >= 0.6 is 11.3 Å². The van der Waals surface area contributed by atoms with Gasteiger partial charge in [0.1, 0.15) is 17.0 Å². The molecule has 1 fully saturated rings. The van der Waals surface area contributed by atoms with E-state index in [2.05, 4.69) is 25.1 Å². The number of nitrogens with zero attached hydrogens (tertiary/aromatic N) is 5. The lowest BCUT2D eigenvalue weighted by Gasteiger charge is -2.27. The number of anilines is 1. The minimum atomic E-state index is 0.815. The first kappa shape index (κ1) is 10.6. The van der Waals surface area contributed by atoms with Gasteiger partial charge in [-0.05, 0) is 19.3 Å². The van der Waals surface area contributed by atoms with E-state index >= 15 is 0 Å². The van der Waals surface area contributed by atoms with Crippen molar-refractivity contribution in [2.45, 2.75) is 19.3 Å². The van der Waals surface area contributed by atoms with E-state index in [1.807, 2.05) is 6.20 Å². The highest BCUT2D eigenvalue weighted by Crippen LogP contribution is 2.22. The summed E-state index contributed by atoms with van der Waals surface area (Å²) >= 11 is 1.49. The maximum Gasteiger partial charge on any atom is 0.167 e. The van der Waals surface area contributed by atoms with Crippen molar-refractivity contribution in [1.82, 2.24) is 20.2 Å². The van der Waals surface area contributed by atoms with Crippen LogP contribution in [0.15, 0.2) is 17.9 Å². The van der Waals surface area contributed by atoms with Crippen molar-refractivity contribution in [3.63, 3.8) is 0 Å². The molecule has 88 valence electrons. The van der Waals surface area contributed by atoms with Gasteiger partial charge in [0.05, 0.1) is 12.4 Å². The van der Waals surface area contributed by atoms with Gasteiger partial charge in [-0.15, -0.1) is 10.2 Å². The molecule has 6 heteroatoms. The summed E-state index contributed by atoms with van der Waals surface area (Å²) in [5.41, 5.74) is 2.53. The second-order valence-corrected chi connectivity index (χ2v) is 4.89. The van der Waals surface area contributed by atoms with Gasteiger partial charge in [-0.2, -0.15) is 0 Å². The van der Waals surface area contributed by atoms with Crippen LogP contribution in [-0.2, 0) is 0 Å². The van der Waals surface area contributed by atoms with E-state index in [0.717, 1.165) is 29.6 Å². The van der Waals surface area contributed by atoms with Gasteiger partial charge in [0.25, 0.3) is 0 Å². The zero-order chi connectivity index (χ0) is 11.5. The maximum absolute atomic E-state index is 4.61. The van der Waals surface area contributed by atoms with Crippen LogP contribution in [0, 0.1) is 0 Å². The number of piperidine rings is 1. The summed E-state index contributed by atoms with van der Waals surface area (Å²) in [6, 6.07) is 0. The Morgan fingerprint density at radius 1 is 1.12 bits per heavy atom. The summed E-state index contributed by atoms with van der Waals surface area (Å²) < 4.78 is 0. The van der Waals surface area contributed by atoms with Crippen LogP contribution in [0.3, 0.4) is 0 Å². The van der Waals surface area contributed by atoms with Crippen molar-refractivity contribution in [1.29, 1.82) is 0 Å². The summed E-state index contributed by atoms with van der Waals surface area (Å²) in [6.45, 7) is 2.16. The molecule has 2 aromatic rings. The van der Waals surface area contributed by atoms with Gasteiger partial charge < -0.3 is 4.90 Å². The van der Waals surface area contributed by atoms with Crippen LogP contribution in [0.2, 0.25) is 0 Å². The van der Waals surface area contributed by atoms with Crippen molar-refractivity contribution in [3.8, 4) is 10.7 Å². The Labute approximate surface area is 104 Å². The highest BCUT2D eigenvalue weighted by atomic mass is 32.1. The van der Waals surface area contributed by atoms with E-state index in [1.54, 1.807) is 11.7 Å². The predicted molar refractivity (Wildman–Crippen MR) is 67.0 cm³/mol. The van der Waals surface area contributed by atoms with Crippen LogP contribution in [0.5, 0.6) is 0 Å². The van der Waals surface area contributed by atoms with Crippen LogP contribution in [0.1, 0.15) is 19.3 Å². The Balaban J connectivity index is 1.88. The van der Waals surface area contributed by atoms with Gasteiger partial charge in [0.2, 0.25) is 0 Å². The topological polar surface area (TPSA) is 54.8 Å². The van der Waals surface area contributed by atoms with E-state index in [4.69, 9.17) is 0 Å². The fourth-order valence-electron chi connectivity index (χ4n) is 2.02. The summed E-state index contributed by atoms with van der Waals surface area (Å²) in [5, 5.41) is 8.68. The van der Waals surface area contributed by atoms with E-state index in [-0.39, 0.29) is 0 Å². The SMILES string of the molecule is c1nnc(-c2cncc(N3CCCCC3)n2)s1. The second kappa shape index (κ2) is 4.75. The summed E-state index contributed by atoms with van der Waals surface area (Å²) in [7, 11) is 0. The van der Waals surface area contributed by atoms with Gasteiger partial charge >= 0.3 is 0 Å². The maximum atomic E-state index is 4.61. The lowest BCUT2D eigenvalue weighted by molar-refractivity contribution is 0.573. The fourth-order valence-corrected chi connectivity index (χ4v) is 2.53. The second-order valence-electron chi connectivity index (χ2n) is 4.05. The Morgan fingerprint density at radius 2 is 2.00 bits per heavy atom. The molecular weight excluding hydrogens is 234 g/mol. The number of hydrogen-bond acceptors (Lipinski definition) is 6. The third-order valence-electron chi connectivity index (χ3n) is 2.88. The average Bonchev–Trinajstić information content (AvgIpc) is 2.94. The molecule has 17 heavy (non-hydrogen) atoms. The summed E-state index contributed by atoms with van der Waals surface area (Å²) in [5.74, 6) is 0.956. The standard InChI is InChI=1S/C11H13N5S/c1-2-4-16(5-3-1)10-7-12-6-9(14-10)11-15-13-8-17-11/h6-8H,1-5H2. The molecule has 0 aromatic carbocycles. The zero-order valence-electron chi connectivity index (χ0n) is 9.41. The molecule has 3 rings (SSSR count). The molecule has 0 radical (unpaired) electrons. The number of aromatic nitrogens is 4. The van der Waals surface area contributed by atoms with Crippen molar-refractivity contribution >= 4 is 17.2 Å². The average molecular weight is 247 g/mol. The van der Waals surface area contributed by atoms with Gasteiger partial charge in [-0.3, -0.25) is 4.98 Å². The van der Waals surface area contributed by atoms with Crippen LogP contribution in [-0.4, -0.2) is 33.3 Å². The first-order chi connectivity index (χ1) is 8.43. The third-order valence-corrected chi connectivity index (χ3v) is 3.59. The van der Waals surface area contributed by atoms with E-state index in [1.165, 1.54) is 30.6 Å². The Kier molecular flexibility index (Phi) is 2.96. The van der Waals surface area contributed by atoms with Crippen molar-refractivity contribution in [3.05, 3.63) is 17.9 Å². The largest absolute Gasteiger partial charge is 0.355 e.